The number of nitrogens with one attached hydrogen (secondary N) is 1. The number of nitrogens with zero attached hydrogens (tertiary/aromatic N) is 1. The van der Waals surface area contributed by atoms with Crippen molar-refractivity contribution in [2.75, 3.05) is 19.0 Å². The summed E-state index contributed by atoms with van der Waals surface area (Å²) in [5, 5.41) is 3.04. The Hall–Kier alpha value is -2.69. The van der Waals surface area contributed by atoms with E-state index in [4.69, 9.17) is 15.2 Å². The van der Waals surface area contributed by atoms with Crippen LogP contribution in [0.5, 0.6) is 11.5 Å². The van der Waals surface area contributed by atoms with Gasteiger partial charge in [0.15, 0.2) is 5.96 Å². The van der Waals surface area contributed by atoms with Crippen LogP contribution in [-0.4, -0.2) is 25.7 Å². The van der Waals surface area contributed by atoms with Crippen LogP contribution in [0.1, 0.15) is 12.5 Å². The van der Waals surface area contributed by atoms with E-state index in [9.17, 15) is 0 Å². The van der Waals surface area contributed by atoms with Crippen LogP contribution < -0.4 is 20.5 Å². The number of aryl methyl sites for hydroxylation is 1. The van der Waals surface area contributed by atoms with Gasteiger partial charge in [-0.1, -0.05) is 18.2 Å². The molecule has 0 fully saturated rings. The Morgan fingerprint density at radius 2 is 1.87 bits per heavy atom. The van der Waals surface area contributed by atoms with Gasteiger partial charge < -0.3 is 20.5 Å². The van der Waals surface area contributed by atoms with Crippen LogP contribution in [0, 0.1) is 6.92 Å². The standard InChI is InChI=1S/C18H23N3O2/c1-13-6-4-5-7-17(13)23-14(2)12-20-18(19)21-15-8-10-16(22-3)11-9-15/h4-11,14H,12H2,1-3H3,(H3,19,20,21). The van der Waals surface area contributed by atoms with Crippen LogP contribution in [0.2, 0.25) is 0 Å². The van der Waals surface area contributed by atoms with E-state index in [0.29, 0.717) is 12.5 Å². The number of anilines is 1. The number of aliphatic imine (C=N–C) groups is 1. The van der Waals surface area contributed by atoms with Gasteiger partial charge in [0.1, 0.15) is 17.6 Å². The number of methoxy groups -OCH3 is 1. The van der Waals surface area contributed by atoms with Crippen molar-refractivity contribution < 1.29 is 9.47 Å². The van der Waals surface area contributed by atoms with Gasteiger partial charge in [-0.25, -0.2) is 4.99 Å². The second-order valence-corrected chi connectivity index (χ2v) is 5.27. The summed E-state index contributed by atoms with van der Waals surface area (Å²) in [6, 6.07) is 15.4. The number of benzene rings is 2. The second kappa shape index (κ2) is 8.08. The number of guanidine groups is 1. The largest absolute Gasteiger partial charge is 0.497 e. The normalized spacial score (nSPS) is 12.6. The minimum atomic E-state index is -0.0627. The third-order valence-corrected chi connectivity index (χ3v) is 3.30. The van der Waals surface area contributed by atoms with Gasteiger partial charge >= 0.3 is 0 Å². The Kier molecular flexibility index (Phi) is 5.86. The third-order valence-electron chi connectivity index (χ3n) is 3.30. The maximum atomic E-state index is 5.90. The lowest BCUT2D eigenvalue weighted by molar-refractivity contribution is 0.229. The van der Waals surface area contributed by atoms with Crippen molar-refractivity contribution in [2.45, 2.75) is 20.0 Å². The Bertz CT molecular complexity index is 654. The molecule has 0 bridgehead atoms. The summed E-state index contributed by atoms with van der Waals surface area (Å²) >= 11 is 0. The van der Waals surface area contributed by atoms with Crippen molar-refractivity contribution in [3.8, 4) is 11.5 Å². The van der Waals surface area contributed by atoms with Gasteiger partial charge in [-0.2, -0.15) is 0 Å². The minimum absolute atomic E-state index is 0.0627. The van der Waals surface area contributed by atoms with E-state index in [-0.39, 0.29) is 6.10 Å². The van der Waals surface area contributed by atoms with Gasteiger partial charge in [-0.05, 0) is 49.7 Å². The van der Waals surface area contributed by atoms with E-state index in [1.807, 2.05) is 62.4 Å². The molecule has 0 spiro atoms. The van der Waals surface area contributed by atoms with Gasteiger partial charge in [-0.3, -0.25) is 0 Å². The minimum Gasteiger partial charge on any atom is -0.497 e. The highest BCUT2D eigenvalue weighted by atomic mass is 16.5. The van der Waals surface area contributed by atoms with Crippen molar-refractivity contribution in [1.82, 2.24) is 0 Å². The number of rotatable bonds is 6. The summed E-state index contributed by atoms with van der Waals surface area (Å²) in [4.78, 5) is 4.31. The Morgan fingerprint density at radius 1 is 1.17 bits per heavy atom. The Balaban J connectivity index is 1.87. The van der Waals surface area contributed by atoms with Crippen LogP contribution in [0.15, 0.2) is 53.5 Å². The molecule has 0 aliphatic rings. The molecule has 2 rings (SSSR count). The molecule has 2 aromatic rings. The van der Waals surface area contributed by atoms with Gasteiger partial charge in [-0.15, -0.1) is 0 Å². The number of para-hydroxylation sites is 1. The summed E-state index contributed by atoms with van der Waals surface area (Å²) < 4.78 is 11.0. The molecule has 0 aliphatic heterocycles. The van der Waals surface area contributed by atoms with Gasteiger partial charge in [0.2, 0.25) is 0 Å². The lowest BCUT2D eigenvalue weighted by Crippen LogP contribution is -2.25. The molecule has 5 nitrogen and oxygen atoms in total. The molecule has 1 atom stereocenters. The molecule has 122 valence electrons. The highest BCUT2D eigenvalue weighted by molar-refractivity contribution is 5.92. The predicted octanol–water partition coefficient (Wildman–Crippen LogP) is 3.20. The first-order valence-corrected chi connectivity index (χ1v) is 7.52. The third kappa shape index (κ3) is 5.21. The Morgan fingerprint density at radius 3 is 2.52 bits per heavy atom. The van der Waals surface area contributed by atoms with E-state index in [1.54, 1.807) is 7.11 Å². The molecule has 0 aliphatic carbocycles. The fraction of sp³-hybridized carbons (Fsp3) is 0.278. The fourth-order valence-corrected chi connectivity index (χ4v) is 2.03. The molecular formula is C18H23N3O2. The average molecular weight is 313 g/mol. The summed E-state index contributed by atoms with van der Waals surface area (Å²) in [5.41, 5.74) is 7.86. The number of hydrogen-bond donors (Lipinski definition) is 2. The highest BCUT2D eigenvalue weighted by Gasteiger charge is 2.05. The fourth-order valence-electron chi connectivity index (χ4n) is 2.03. The van der Waals surface area contributed by atoms with Crippen molar-refractivity contribution in [3.05, 3.63) is 54.1 Å². The zero-order chi connectivity index (χ0) is 16.7. The lowest BCUT2D eigenvalue weighted by atomic mass is 10.2. The molecule has 0 aromatic heterocycles. The molecule has 0 amide bonds. The van der Waals surface area contributed by atoms with Gasteiger partial charge in [0.25, 0.3) is 0 Å². The van der Waals surface area contributed by atoms with Crippen molar-refractivity contribution in [2.24, 2.45) is 10.7 Å². The quantitative estimate of drug-likeness (QED) is 0.635. The first-order valence-electron chi connectivity index (χ1n) is 7.52. The van der Waals surface area contributed by atoms with Crippen LogP contribution >= 0.6 is 0 Å². The van der Waals surface area contributed by atoms with E-state index in [2.05, 4.69) is 10.3 Å². The van der Waals surface area contributed by atoms with Gasteiger partial charge in [0.05, 0.1) is 13.7 Å². The maximum Gasteiger partial charge on any atom is 0.193 e. The molecule has 5 heteroatoms. The van der Waals surface area contributed by atoms with Crippen LogP contribution in [-0.2, 0) is 0 Å². The number of nitrogens with two attached hydrogens (primary N) is 1. The molecule has 0 saturated heterocycles. The molecular weight excluding hydrogens is 290 g/mol. The Labute approximate surface area is 137 Å². The van der Waals surface area contributed by atoms with Gasteiger partial charge in [0, 0.05) is 5.69 Å². The SMILES string of the molecule is COc1ccc(NC(N)=NCC(C)Oc2ccccc2C)cc1. The maximum absolute atomic E-state index is 5.90. The summed E-state index contributed by atoms with van der Waals surface area (Å²) in [6.45, 7) is 4.46. The van der Waals surface area contributed by atoms with Crippen molar-refractivity contribution in [1.29, 1.82) is 0 Å². The summed E-state index contributed by atoms with van der Waals surface area (Å²) in [6.07, 6.45) is -0.0627. The predicted molar refractivity (Wildman–Crippen MR) is 94.4 cm³/mol. The van der Waals surface area contributed by atoms with Crippen LogP contribution in [0.4, 0.5) is 5.69 Å². The molecule has 3 N–H and O–H groups in total. The molecule has 2 aromatic carbocycles. The summed E-state index contributed by atoms with van der Waals surface area (Å²) in [7, 11) is 1.63. The molecule has 1 unspecified atom stereocenters. The molecule has 23 heavy (non-hydrogen) atoms. The monoisotopic (exact) mass is 313 g/mol. The zero-order valence-electron chi connectivity index (χ0n) is 13.7. The van der Waals surface area contributed by atoms with Crippen molar-refractivity contribution >= 4 is 11.6 Å². The topological polar surface area (TPSA) is 68.9 Å². The second-order valence-electron chi connectivity index (χ2n) is 5.27. The van der Waals surface area contributed by atoms with E-state index in [0.717, 1.165) is 22.7 Å². The van der Waals surface area contributed by atoms with Crippen LogP contribution in [0.3, 0.4) is 0 Å². The molecule has 0 heterocycles. The van der Waals surface area contributed by atoms with E-state index in [1.165, 1.54) is 0 Å². The molecule has 0 radical (unpaired) electrons. The average Bonchev–Trinajstić information content (AvgIpc) is 2.56. The van der Waals surface area contributed by atoms with Crippen molar-refractivity contribution in [3.63, 3.8) is 0 Å². The van der Waals surface area contributed by atoms with E-state index >= 15 is 0 Å². The number of hydrogen-bond acceptors (Lipinski definition) is 3. The van der Waals surface area contributed by atoms with Crippen LogP contribution in [0.25, 0.3) is 0 Å². The zero-order valence-corrected chi connectivity index (χ0v) is 13.7. The first-order chi connectivity index (χ1) is 11.1. The molecule has 0 saturated carbocycles. The first kappa shape index (κ1) is 16.7. The van der Waals surface area contributed by atoms with E-state index < -0.39 is 0 Å². The lowest BCUT2D eigenvalue weighted by Gasteiger charge is -2.15. The smallest absolute Gasteiger partial charge is 0.193 e. The summed E-state index contributed by atoms with van der Waals surface area (Å²) in [5.74, 6) is 2.03. The highest BCUT2D eigenvalue weighted by Crippen LogP contribution is 2.18. The number of ether oxygens (including phenoxy) is 2.